The zero-order valence-corrected chi connectivity index (χ0v) is 18.7. The maximum Gasteiger partial charge on any atom is 0.205 e. The van der Waals surface area contributed by atoms with Crippen molar-refractivity contribution < 1.29 is 9.53 Å². The molecule has 1 aliphatic rings. The van der Waals surface area contributed by atoms with E-state index in [0.717, 1.165) is 33.8 Å². The largest absolute Gasteiger partial charge is 0.479 e. The van der Waals surface area contributed by atoms with Gasteiger partial charge in [-0.1, -0.05) is 72.8 Å². The fraction of sp³-hybridized carbons (Fsp3) is 0.138. The fourth-order valence-electron chi connectivity index (χ4n) is 4.23. The van der Waals surface area contributed by atoms with Crippen LogP contribution in [-0.2, 0) is 0 Å². The number of rotatable bonds is 6. The second-order valence-electron chi connectivity index (χ2n) is 8.45. The molecular formula is C29H26N2O2. The average Bonchev–Trinajstić information content (AvgIpc) is 3.23. The number of nitrogens with one attached hydrogen (secondary N) is 1. The van der Waals surface area contributed by atoms with Crippen LogP contribution in [0.4, 0.5) is 11.4 Å². The molecule has 0 bridgehead atoms. The summed E-state index contributed by atoms with van der Waals surface area (Å²) in [6.45, 7) is 0. The summed E-state index contributed by atoms with van der Waals surface area (Å²) in [7, 11) is 4.03. The van der Waals surface area contributed by atoms with Gasteiger partial charge in [-0.2, -0.15) is 0 Å². The Morgan fingerprint density at radius 1 is 0.758 bits per heavy atom. The molecule has 1 heterocycles. The van der Waals surface area contributed by atoms with E-state index in [1.807, 2.05) is 93.0 Å². The van der Waals surface area contributed by atoms with Gasteiger partial charge in [0.1, 0.15) is 5.75 Å². The minimum atomic E-state index is -0.640. The van der Waals surface area contributed by atoms with E-state index in [1.165, 1.54) is 0 Å². The van der Waals surface area contributed by atoms with Crippen LogP contribution in [0.2, 0.25) is 0 Å². The number of ether oxygens (including phenoxy) is 1. The standard InChI is InChI=1S/C29H26N2O2/c1-31(2)24-18-16-23(17-19-24)30-27-25-10-6-7-11-26(25)33-29(27)28(32)22-14-12-21(13-15-22)20-8-4-3-5-9-20/h3-19,27,29-30H,1-2H3. The first-order chi connectivity index (χ1) is 16.1. The molecule has 0 radical (unpaired) electrons. The second kappa shape index (κ2) is 8.83. The molecule has 4 aromatic carbocycles. The number of carbonyl (C=O) groups is 1. The Kier molecular flexibility index (Phi) is 5.57. The van der Waals surface area contributed by atoms with Crippen LogP contribution in [0.1, 0.15) is 22.0 Å². The van der Waals surface area contributed by atoms with Crippen molar-refractivity contribution in [1.29, 1.82) is 0 Å². The van der Waals surface area contributed by atoms with E-state index in [2.05, 4.69) is 34.5 Å². The van der Waals surface area contributed by atoms with Gasteiger partial charge in [0.15, 0.2) is 6.10 Å². The van der Waals surface area contributed by atoms with Crippen molar-refractivity contribution in [2.45, 2.75) is 12.1 Å². The van der Waals surface area contributed by atoms with Crippen LogP contribution >= 0.6 is 0 Å². The highest BCUT2D eigenvalue weighted by atomic mass is 16.5. The molecule has 2 atom stereocenters. The number of nitrogens with zero attached hydrogens (tertiary/aromatic N) is 1. The third-order valence-electron chi connectivity index (χ3n) is 6.05. The highest BCUT2D eigenvalue weighted by Crippen LogP contribution is 2.40. The average molecular weight is 435 g/mol. The number of para-hydroxylation sites is 1. The normalized spacial score (nSPS) is 16.5. The van der Waals surface area contributed by atoms with Crippen LogP contribution in [-0.4, -0.2) is 26.0 Å². The molecule has 0 aliphatic carbocycles. The molecule has 0 saturated heterocycles. The SMILES string of the molecule is CN(C)c1ccc(NC2c3ccccc3OC2C(=O)c2ccc(-c3ccccc3)cc2)cc1. The maximum absolute atomic E-state index is 13.5. The van der Waals surface area contributed by atoms with E-state index in [0.29, 0.717) is 5.56 Å². The molecule has 4 nitrogen and oxygen atoms in total. The van der Waals surface area contributed by atoms with E-state index in [-0.39, 0.29) is 11.8 Å². The monoisotopic (exact) mass is 434 g/mol. The second-order valence-corrected chi connectivity index (χ2v) is 8.45. The molecule has 0 spiro atoms. The Labute approximate surface area is 194 Å². The third kappa shape index (κ3) is 4.20. The van der Waals surface area contributed by atoms with Crippen molar-refractivity contribution in [3.63, 3.8) is 0 Å². The smallest absolute Gasteiger partial charge is 0.205 e. The quantitative estimate of drug-likeness (QED) is 0.366. The minimum Gasteiger partial charge on any atom is -0.479 e. The first-order valence-corrected chi connectivity index (χ1v) is 11.1. The van der Waals surface area contributed by atoms with Gasteiger partial charge >= 0.3 is 0 Å². The van der Waals surface area contributed by atoms with E-state index in [9.17, 15) is 4.79 Å². The molecule has 5 rings (SSSR count). The molecule has 164 valence electrons. The van der Waals surface area contributed by atoms with E-state index in [4.69, 9.17) is 4.74 Å². The molecule has 0 saturated carbocycles. The number of Topliss-reactive ketones (excluding diaryl/α,β-unsaturated/α-hetero) is 1. The van der Waals surface area contributed by atoms with Gasteiger partial charge in [0.25, 0.3) is 0 Å². The van der Waals surface area contributed by atoms with Gasteiger partial charge in [-0.25, -0.2) is 0 Å². The molecule has 33 heavy (non-hydrogen) atoms. The number of hydrogen-bond donors (Lipinski definition) is 1. The first-order valence-electron chi connectivity index (χ1n) is 11.1. The van der Waals surface area contributed by atoms with Crippen molar-refractivity contribution in [2.24, 2.45) is 0 Å². The zero-order chi connectivity index (χ0) is 22.8. The summed E-state index contributed by atoms with van der Waals surface area (Å²) in [5.74, 6) is 0.715. The molecule has 0 amide bonds. The molecule has 2 unspecified atom stereocenters. The summed E-state index contributed by atoms with van der Waals surface area (Å²) in [4.78, 5) is 15.6. The predicted molar refractivity (Wildman–Crippen MR) is 134 cm³/mol. The lowest BCUT2D eigenvalue weighted by Gasteiger charge is -2.21. The number of ketones is 1. The van der Waals surface area contributed by atoms with Crippen molar-refractivity contribution in [2.75, 3.05) is 24.3 Å². The fourth-order valence-corrected chi connectivity index (χ4v) is 4.23. The molecule has 1 N–H and O–H groups in total. The van der Waals surface area contributed by atoms with Gasteiger partial charge in [-0.05, 0) is 41.5 Å². The lowest BCUT2D eigenvalue weighted by Crippen LogP contribution is -2.33. The lowest BCUT2D eigenvalue weighted by atomic mass is 9.95. The number of hydrogen-bond acceptors (Lipinski definition) is 4. The van der Waals surface area contributed by atoms with E-state index >= 15 is 0 Å². The Balaban J connectivity index is 1.41. The van der Waals surface area contributed by atoms with Crippen LogP contribution in [0.5, 0.6) is 5.75 Å². The summed E-state index contributed by atoms with van der Waals surface area (Å²) < 4.78 is 6.16. The number of benzene rings is 4. The van der Waals surface area contributed by atoms with Crippen molar-refractivity contribution in [3.05, 3.63) is 114 Å². The Morgan fingerprint density at radius 3 is 2.09 bits per heavy atom. The van der Waals surface area contributed by atoms with Crippen LogP contribution in [0, 0.1) is 0 Å². The topological polar surface area (TPSA) is 41.6 Å². The van der Waals surface area contributed by atoms with Gasteiger partial charge in [0.2, 0.25) is 5.78 Å². The first kappa shape index (κ1) is 20.8. The van der Waals surface area contributed by atoms with Crippen LogP contribution < -0.4 is 15.0 Å². The number of carbonyl (C=O) groups excluding carboxylic acids is 1. The summed E-state index contributed by atoms with van der Waals surface area (Å²) in [5.41, 5.74) is 5.91. The van der Waals surface area contributed by atoms with Crippen LogP contribution in [0.15, 0.2) is 103 Å². The minimum absolute atomic E-state index is 0.0341. The highest BCUT2D eigenvalue weighted by molar-refractivity contribution is 6.01. The van der Waals surface area contributed by atoms with Gasteiger partial charge < -0.3 is 15.0 Å². The number of anilines is 2. The Hall–Kier alpha value is -4.05. The van der Waals surface area contributed by atoms with Crippen LogP contribution in [0.3, 0.4) is 0 Å². The summed E-state index contributed by atoms with van der Waals surface area (Å²) in [6.07, 6.45) is -0.640. The highest BCUT2D eigenvalue weighted by Gasteiger charge is 2.39. The molecule has 0 aromatic heterocycles. The molecule has 4 aromatic rings. The molecule has 0 fully saturated rings. The number of fused-ring (bicyclic) bond motifs is 1. The summed E-state index contributed by atoms with van der Waals surface area (Å²) in [6, 6.07) is 33.7. The Bertz CT molecular complexity index is 1250. The van der Waals surface area contributed by atoms with Crippen molar-refractivity contribution >= 4 is 17.2 Å². The van der Waals surface area contributed by atoms with Crippen molar-refractivity contribution in [3.8, 4) is 16.9 Å². The van der Waals surface area contributed by atoms with Gasteiger partial charge in [0, 0.05) is 36.6 Å². The zero-order valence-electron chi connectivity index (χ0n) is 18.7. The Morgan fingerprint density at radius 2 is 1.39 bits per heavy atom. The van der Waals surface area contributed by atoms with Crippen LogP contribution in [0.25, 0.3) is 11.1 Å². The van der Waals surface area contributed by atoms with Gasteiger partial charge in [-0.15, -0.1) is 0 Å². The lowest BCUT2D eigenvalue weighted by molar-refractivity contribution is 0.0802. The summed E-state index contributed by atoms with van der Waals surface area (Å²) >= 11 is 0. The van der Waals surface area contributed by atoms with E-state index < -0.39 is 6.10 Å². The molecule has 1 aliphatic heterocycles. The maximum atomic E-state index is 13.5. The third-order valence-corrected chi connectivity index (χ3v) is 6.05. The molecular weight excluding hydrogens is 408 g/mol. The van der Waals surface area contributed by atoms with E-state index in [1.54, 1.807) is 0 Å². The van der Waals surface area contributed by atoms with Gasteiger partial charge in [-0.3, -0.25) is 4.79 Å². The predicted octanol–water partition coefficient (Wildman–Crippen LogP) is 6.22. The van der Waals surface area contributed by atoms with Crippen molar-refractivity contribution in [1.82, 2.24) is 0 Å². The van der Waals surface area contributed by atoms with Gasteiger partial charge in [0.05, 0.1) is 6.04 Å². The molecule has 4 heteroatoms. The summed E-state index contributed by atoms with van der Waals surface area (Å²) in [5, 5.41) is 3.54.